The number of halogens is 1. The fourth-order valence-electron chi connectivity index (χ4n) is 1.71. The molecule has 0 radical (unpaired) electrons. The Kier molecular flexibility index (Phi) is 6.32. The van der Waals surface area contributed by atoms with E-state index in [2.05, 4.69) is 18.4 Å². The molecule has 1 heterocycles. The summed E-state index contributed by atoms with van der Waals surface area (Å²) in [7, 11) is 1.83. The van der Waals surface area contributed by atoms with Crippen LogP contribution in [0.25, 0.3) is 5.57 Å². The smallest absolute Gasteiger partial charge is 0.160 e. The second-order valence-electron chi connectivity index (χ2n) is 6.04. The summed E-state index contributed by atoms with van der Waals surface area (Å²) in [6.07, 6.45) is 0.836. The number of likely N-dealkylation sites (N-methyl/N-ethyl adjacent to an activating group) is 1. The Bertz CT molecular complexity index is 572. The lowest BCUT2D eigenvalue weighted by Gasteiger charge is -2.15. The van der Waals surface area contributed by atoms with Gasteiger partial charge in [0, 0.05) is 24.1 Å². The number of aldehydes is 1. The van der Waals surface area contributed by atoms with Crippen LogP contribution >= 0.6 is 11.3 Å². The van der Waals surface area contributed by atoms with Gasteiger partial charge in [0.25, 0.3) is 0 Å². The first-order valence-electron chi connectivity index (χ1n) is 6.81. The van der Waals surface area contributed by atoms with Crippen molar-refractivity contribution in [1.29, 1.82) is 0 Å². The Hall–Kier alpha value is -1.44. The molecular weight excluding hydrogens is 285 g/mol. The van der Waals surface area contributed by atoms with E-state index in [1.807, 2.05) is 38.8 Å². The Morgan fingerprint density at radius 3 is 2.71 bits per heavy atom. The molecule has 0 amide bonds. The summed E-state index contributed by atoms with van der Waals surface area (Å²) in [5.74, 6) is 6.27. The lowest BCUT2D eigenvalue weighted by atomic mass is 9.98. The number of hydrogen-bond donors (Lipinski definition) is 0. The Morgan fingerprint density at radius 1 is 1.52 bits per heavy atom. The number of hydrogen-bond acceptors (Lipinski definition) is 3. The molecule has 0 aliphatic heterocycles. The van der Waals surface area contributed by atoms with E-state index >= 15 is 0 Å². The van der Waals surface area contributed by atoms with Crippen LogP contribution in [0.3, 0.4) is 0 Å². The maximum atomic E-state index is 12.3. The summed E-state index contributed by atoms with van der Waals surface area (Å²) in [4.78, 5) is 14.5. The minimum absolute atomic E-state index is 0.0795. The highest BCUT2D eigenvalue weighted by atomic mass is 32.1. The number of thiophene rings is 1. The van der Waals surface area contributed by atoms with Crippen molar-refractivity contribution in [3.05, 3.63) is 28.0 Å². The van der Waals surface area contributed by atoms with Gasteiger partial charge in [-0.1, -0.05) is 18.4 Å². The van der Waals surface area contributed by atoms with Crippen molar-refractivity contribution in [2.24, 2.45) is 5.41 Å². The van der Waals surface area contributed by atoms with E-state index in [0.717, 1.165) is 22.3 Å². The molecule has 0 unspecified atom stereocenters. The van der Waals surface area contributed by atoms with Crippen LogP contribution in [0.2, 0.25) is 0 Å². The van der Waals surface area contributed by atoms with Crippen LogP contribution in [-0.4, -0.2) is 38.0 Å². The van der Waals surface area contributed by atoms with E-state index in [-0.39, 0.29) is 5.41 Å². The van der Waals surface area contributed by atoms with Gasteiger partial charge in [-0.15, -0.1) is 11.3 Å². The van der Waals surface area contributed by atoms with Gasteiger partial charge in [0.05, 0.1) is 9.75 Å². The van der Waals surface area contributed by atoms with Crippen molar-refractivity contribution < 1.29 is 9.18 Å². The van der Waals surface area contributed by atoms with Crippen LogP contribution in [0.5, 0.6) is 0 Å². The zero-order valence-electron chi connectivity index (χ0n) is 13.1. The Morgan fingerprint density at radius 2 is 2.19 bits per heavy atom. The van der Waals surface area contributed by atoms with Crippen LogP contribution in [0.4, 0.5) is 4.39 Å². The summed E-state index contributed by atoms with van der Waals surface area (Å²) < 4.78 is 12.3. The van der Waals surface area contributed by atoms with Gasteiger partial charge in [-0.2, -0.15) is 0 Å². The van der Waals surface area contributed by atoms with Gasteiger partial charge in [-0.25, -0.2) is 4.39 Å². The minimum Gasteiger partial charge on any atom is -0.300 e. The zero-order chi connectivity index (χ0) is 16.0. The second kappa shape index (κ2) is 7.53. The maximum absolute atomic E-state index is 12.3. The molecule has 0 aliphatic rings. The molecule has 0 bridgehead atoms. The molecule has 1 aromatic rings. The monoisotopic (exact) mass is 307 g/mol. The van der Waals surface area contributed by atoms with Crippen LogP contribution in [0.1, 0.15) is 40.9 Å². The third kappa shape index (κ3) is 5.82. The lowest BCUT2D eigenvalue weighted by molar-refractivity contribution is 0.112. The van der Waals surface area contributed by atoms with E-state index in [4.69, 9.17) is 0 Å². The first-order chi connectivity index (χ1) is 9.76. The number of carbonyl (C=O) groups excluding carboxylic acids is 1. The summed E-state index contributed by atoms with van der Waals surface area (Å²) in [6, 6.07) is 1.90. The number of nitrogens with zero attached hydrogens (tertiary/aromatic N) is 1. The molecular formula is C17H22FNOS. The van der Waals surface area contributed by atoms with E-state index < -0.39 is 6.67 Å². The summed E-state index contributed by atoms with van der Waals surface area (Å²) in [6.45, 7) is 10.6. The number of alkyl halides is 1. The first kappa shape index (κ1) is 17.6. The summed E-state index contributed by atoms with van der Waals surface area (Å²) >= 11 is 1.37. The highest BCUT2D eigenvalue weighted by Gasteiger charge is 2.12. The average molecular weight is 307 g/mol. The predicted octanol–water partition coefficient (Wildman–Crippen LogP) is 3.87. The lowest BCUT2D eigenvalue weighted by Crippen LogP contribution is -2.22. The third-order valence-corrected chi connectivity index (χ3v) is 3.71. The normalized spacial score (nSPS) is 11.1. The van der Waals surface area contributed by atoms with Gasteiger partial charge in [0.2, 0.25) is 0 Å². The van der Waals surface area contributed by atoms with Gasteiger partial charge in [-0.3, -0.25) is 9.69 Å². The van der Waals surface area contributed by atoms with Crippen LogP contribution in [0, 0.1) is 17.3 Å². The molecule has 0 saturated carbocycles. The SMILES string of the molecule is C=C(CN(C)CCF)c1cc(C#CC(C)(C)C)sc1C=O. The van der Waals surface area contributed by atoms with Gasteiger partial charge < -0.3 is 0 Å². The maximum Gasteiger partial charge on any atom is 0.160 e. The predicted molar refractivity (Wildman–Crippen MR) is 88.5 cm³/mol. The van der Waals surface area contributed by atoms with Crippen molar-refractivity contribution in [2.45, 2.75) is 20.8 Å². The van der Waals surface area contributed by atoms with E-state index in [9.17, 15) is 9.18 Å². The van der Waals surface area contributed by atoms with Crippen LogP contribution in [0.15, 0.2) is 12.6 Å². The van der Waals surface area contributed by atoms with Crippen molar-refractivity contribution in [3.8, 4) is 11.8 Å². The van der Waals surface area contributed by atoms with Gasteiger partial charge in [0.15, 0.2) is 6.29 Å². The fourth-order valence-corrected chi connectivity index (χ4v) is 2.59. The molecule has 114 valence electrons. The number of carbonyl (C=O) groups is 1. The van der Waals surface area contributed by atoms with Crippen LogP contribution in [-0.2, 0) is 0 Å². The molecule has 0 atom stereocenters. The van der Waals surface area contributed by atoms with Crippen LogP contribution < -0.4 is 0 Å². The Labute approximate surface area is 130 Å². The van der Waals surface area contributed by atoms with Gasteiger partial charge in [0.1, 0.15) is 6.67 Å². The average Bonchev–Trinajstić information content (AvgIpc) is 2.79. The zero-order valence-corrected chi connectivity index (χ0v) is 13.9. The molecule has 0 aromatic carbocycles. The van der Waals surface area contributed by atoms with E-state index in [1.54, 1.807) is 0 Å². The third-order valence-electron chi connectivity index (χ3n) is 2.74. The van der Waals surface area contributed by atoms with Gasteiger partial charge in [-0.05, 0) is 39.5 Å². The standard InChI is InChI=1S/C17H22FNOS/c1-13(11-19(5)9-8-18)15-10-14(21-16(15)12-20)6-7-17(2,3)4/h10,12H,1,8-9,11H2,2-5H3. The van der Waals surface area contributed by atoms with Crippen molar-refractivity contribution in [1.82, 2.24) is 4.90 Å². The number of rotatable bonds is 6. The van der Waals surface area contributed by atoms with Crippen molar-refractivity contribution >= 4 is 23.2 Å². The molecule has 0 saturated heterocycles. The van der Waals surface area contributed by atoms with Gasteiger partial charge >= 0.3 is 0 Å². The van der Waals surface area contributed by atoms with Crippen molar-refractivity contribution in [2.75, 3.05) is 26.8 Å². The molecule has 2 nitrogen and oxygen atoms in total. The second-order valence-corrected chi connectivity index (χ2v) is 7.12. The van der Waals surface area contributed by atoms with Crippen molar-refractivity contribution in [3.63, 3.8) is 0 Å². The summed E-state index contributed by atoms with van der Waals surface area (Å²) in [5, 5.41) is 0. The van der Waals surface area contributed by atoms with E-state index in [0.29, 0.717) is 18.0 Å². The highest BCUT2D eigenvalue weighted by molar-refractivity contribution is 7.14. The fraction of sp³-hybridized carbons (Fsp3) is 0.471. The first-order valence-corrected chi connectivity index (χ1v) is 7.63. The largest absolute Gasteiger partial charge is 0.300 e. The molecule has 0 spiro atoms. The molecule has 21 heavy (non-hydrogen) atoms. The Balaban J connectivity index is 2.96. The molecule has 4 heteroatoms. The quantitative estimate of drug-likeness (QED) is 0.587. The molecule has 1 rings (SSSR count). The minimum atomic E-state index is -0.393. The molecule has 1 aromatic heterocycles. The molecule has 0 aliphatic carbocycles. The molecule has 0 fully saturated rings. The summed E-state index contributed by atoms with van der Waals surface area (Å²) in [5.41, 5.74) is 1.55. The molecule has 0 N–H and O–H groups in total. The highest BCUT2D eigenvalue weighted by Crippen LogP contribution is 2.26. The van der Waals surface area contributed by atoms with E-state index in [1.165, 1.54) is 11.3 Å². The topological polar surface area (TPSA) is 20.3 Å².